The second-order valence-electron chi connectivity index (χ2n) is 2.60. The summed E-state index contributed by atoms with van der Waals surface area (Å²) in [6.45, 7) is 0.634. The van der Waals surface area contributed by atoms with E-state index < -0.39 is 12.3 Å². The van der Waals surface area contributed by atoms with Crippen LogP contribution in [-0.4, -0.2) is 31.1 Å². The van der Waals surface area contributed by atoms with Crippen LogP contribution in [0.25, 0.3) is 0 Å². The maximum atomic E-state index is 10.3. The van der Waals surface area contributed by atoms with Crippen LogP contribution in [0.2, 0.25) is 0 Å². The third-order valence-corrected chi connectivity index (χ3v) is 1.70. The summed E-state index contributed by atoms with van der Waals surface area (Å²) in [5.74, 6) is -0.947. The van der Waals surface area contributed by atoms with Crippen LogP contribution in [-0.2, 0) is 14.3 Å². The molecular weight excluding hydrogens is 160 g/mol. The monoisotopic (exact) mass is 172 g/mol. The molecule has 0 aliphatic carbocycles. The normalized spacial score (nSPS) is 27.4. The average molecular weight is 172 g/mol. The van der Waals surface area contributed by atoms with Gasteiger partial charge < -0.3 is 14.6 Å². The summed E-state index contributed by atoms with van der Waals surface area (Å²) in [4.78, 5) is 10.3. The molecule has 68 valence electrons. The van der Waals surface area contributed by atoms with Crippen molar-refractivity contribution in [1.82, 2.24) is 0 Å². The molecular formula is C8H12O4. The van der Waals surface area contributed by atoms with Gasteiger partial charge >= 0.3 is 5.97 Å². The van der Waals surface area contributed by atoms with Gasteiger partial charge in [0.05, 0.1) is 6.61 Å². The Balaban J connectivity index is 2.64. The average Bonchev–Trinajstić information content (AvgIpc) is 2.04. The molecule has 4 heteroatoms. The highest BCUT2D eigenvalue weighted by Crippen LogP contribution is 2.19. The lowest BCUT2D eigenvalue weighted by Gasteiger charge is -2.23. The minimum atomic E-state index is -0.947. The predicted octanol–water partition coefficient (Wildman–Crippen LogP) is 0.780. The van der Waals surface area contributed by atoms with E-state index >= 15 is 0 Å². The second kappa shape index (κ2) is 4.23. The molecule has 0 aromatic heterocycles. The van der Waals surface area contributed by atoms with E-state index in [1.54, 1.807) is 0 Å². The number of rotatable bonds is 2. The van der Waals surface area contributed by atoms with Crippen LogP contribution in [0.15, 0.2) is 11.6 Å². The van der Waals surface area contributed by atoms with Crippen molar-refractivity contribution in [1.29, 1.82) is 0 Å². The van der Waals surface area contributed by atoms with E-state index in [1.807, 2.05) is 0 Å². The molecule has 4 nitrogen and oxygen atoms in total. The van der Waals surface area contributed by atoms with E-state index in [0.717, 1.165) is 18.9 Å². The van der Waals surface area contributed by atoms with Gasteiger partial charge in [0, 0.05) is 13.2 Å². The molecule has 0 amide bonds. The first-order valence-corrected chi connectivity index (χ1v) is 3.82. The van der Waals surface area contributed by atoms with Crippen molar-refractivity contribution in [3.63, 3.8) is 0 Å². The second-order valence-corrected chi connectivity index (χ2v) is 2.60. The number of aliphatic carboxylic acids is 1. The van der Waals surface area contributed by atoms with Crippen molar-refractivity contribution in [3.8, 4) is 0 Å². The van der Waals surface area contributed by atoms with Crippen LogP contribution in [0.1, 0.15) is 12.8 Å². The summed E-state index contributed by atoms with van der Waals surface area (Å²) in [5.41, 5.74) is 0.705. The number of carboxylic acid groups (broad SMARTS) is 1. The van der Waals surface area contributed by atoms with Crippen molar-refractivity contribution in [3.05, 3.63) is 11.6 Å². The SMILES string of the molecule is COC1OCCC/C1=C/C(=O)O. The molecule has 0 aromatic carbocycles. The van der Waals surface area contributed by atoms with Crippen molar-refractivity contribution in [2.24, 2.45) is 0 Å². The lowest BCUT2D eigenvalue weighted by Crippen LogP contribution is -2.24. The summed E-state index contributed by atoms with van der Waals surface area (Å²) >= 11 is 0. The van der Waals surface area contributed by atoms with Gasteiger partial charge in [-0.1, -0.05) is 0 Å². The Morgan fingerprint density at radius 1 is 1.83 bits per heavy atom. The Morgan fingerprint density at radius 2 is 2.58 bits per heavy atom. The van der Waals surface area contributed by atoms with E-state index in [4.69, 9.17) is 14.6 Å². The predicted molar refractivity (Wildman–Crippen MR) is 41.7 cm³/mol. The molecule has 0 aromatic rings. The van der Waals surface area contributed by atoms with Crippen LogP contribution in [0, 0.1) is 0 Å². The molecule has 0 saturated carbocycles. The zero-order valence-electron chi connectivity index (χ0n) is 6.95. The molecule has 1 atom stereocenters. The van der Waals surface area contributed by atoms with Crippen molar-refractivity contribution in [2.75, 3.05) is 13.7 Å². The van der Waals surface area contributed by atoms with Crippen LogP contribution < -0.4 is 0 Å². The summed E-state index contributed by atoms with van der Waals surface area (Å²) < 4.78 is 10.1. The minimum absolute atomic E-state index is 0.463. The van der Waals surface area contributed by atoms with Crippen molar-refractivity contribution < 1.29 is 19.4 Å². The lowest BCUT2D eigenvalue weighted by molar-refractivity contribution is -0.133. The van der Waals surface area contributed by atoms with Gasteiger partial charge in [-0.2, -0.15) is 0 Å². The lowest BCUT2D eigenvalue weighted by atomic mass is 10.1. The fourth-order valence-corrected chi connectivity index (χ4v) is 1.21. The molecule has 1 heterocycles. The summed E-state index contributed by atoms with van der Waals surface area (Å²) in [6, 6.07) is 0. The summed E-state index contributed by atoms with van der Waals surface area (Å²) in [6.07, 6.45) is 2.30. The third kappa shape index (κ3) is 2.32. The zero-order chi connectivity index (χ0) is 8.97. The number of ether oxygens (including phenoxy) is 2. The highest BCUT2D eigenvalue weighted by molar-refractivity contribution is 5.80. The molecule has 0 radical (unpaired) electrons. The molecule has 1 fully saturated rings. The topological polar surface area (TPSA) is 55.8 Å². The molecule has 1 saturated heterocycles. The quantitative estimate of drug-likeness (QED) is 0.625. The maximum absolute atomic E-state index is 10.3. The molecule has 0 spiro atoms. The number of carbonyl (C=O) groups is 1. The molecule has 1 N–H and O–H groups in total. The largest absolute Gasteiger partial charge is 0.478 e. The van der Waals surface area contributed by atoms with E-state index in [-0.39, 0.29) is 0 Å². The van der Waals surface area contributed by atoms with Gasteiger partial charge in [0.15, 0.2) is 6.29 Å². The Morgan fingerprint density at radius 3 is 3.17 bits per heavy atom. The van der Waals surface area contributed by atoms with E-state index in [9.17, 15) is 4.79 Å². The van der Waals surface area contributed by atoms with Gasteiger partial charge in [-0.15, -0.1) is 0 Å². The van der Waals surface area contributed by atoms with Crippen LogP contribution in [0.4, 0.5) is 0 Å². The Bertz CT molecular complexity index is 197. The number of methoxy groups -OCH3 is 1. The van der Waals surface area contributed by atoms with E-state index in [2.05, 4.69) is 0 Å². The molecule has 1 aliphatic rings. The van der Waals surface area contributed by atoms with Crippen molar-refractivity contribution in [2.45, 2.75) is 19.1 Å². The number of hydrogen-bond acceptors (Lipinski definition) is 3. The highest BCUT2D eigenvalue weighted by Gasteiger charge is 2.19. The fraction of sp³-hybridized carbons (Fsp3) is 0.625. The maximum Gasteiger partial charge on any atom is 0.328 e. The summed E-state index contributed by atoms with van der Waals surface area (Å²) in [7, 11) is 1.51. The molecule has 1 aliphatic heterocycles. The van der Waals surface area contributed by atoms with Gasteiger partial charge in [-0.25, -0.2) is 4.79 Å². The highest BCUT2D eigenvalue weighted by atomic mass is 16.7. The molecule has 1 rings (SSSR count). The van der Waals surface area contributed by atoms with Gasteiger partial charge in [0.25, 0.3) is 0 Å². The Hall–Kier alpha value is -0.870. The minimum Gasteiger partial charge on any atom is -0.478 e. The third-order valence-electron chi connectivity index (χ3n) is 1.70. The van der Waals surface area contributed by atoms with E-state index in [0.29, 0.717) is 12.2 Å². The van der Waals surface area contributed by atoms with Gasteiger partial charge in [0.1, 0.15) is 0 Å². The van der Waals surface area contributed by atoms with Gasteiger partial charge in [0.2, 0.25) is 0 Å². The smallest absolute Gasteiger partial charge is 0.328 e. The van der Waals surface area contributed by atoms with Crippen LogP contribution >= 0.6 is 0 Å². The van der Waals surface area contributed by atoms with Gasteiger partial charge in [-0.05, 0) is 18.4 Å². The van der Waals surface area contributed by atoms with Crippen molar-refractivity contribution >= 4 is 5.97 Å². The van der Waals surface area contributed by atoms with Crippen LogP contribution in [0.3, 0.4) is 0 Å². The van der Waals surface area contributed by atoms with Crippen LogP contribution in [0.5, 0.6) is 0 Å². The number of carboxylic acids is 1. The first-order chi connectivity index (χ1) is 5.74. The first-order valence-electron chi connectivity index (χ1n) is 3.82. The molecule has 12 heavy (non-hydrogen) atoms. The molecule has 0 bridgehead atoms. The van der Waals surface area contributed by atoms with E-state index in [1.165, 1.54) is 7.11 Å². The summed E-state index contributed by atoms with van der Waals surface area (Å²) in [5, 5.41) is 8.49. The number of hydrogen-bond donors (Lipinski definition) is 1. The molecule has 1 unspecified atom stereocenters. The first kappa shape index (κ1) is 9.22. The van der Waals surface area contributed by atoms with Gasteiger partial charge in [-0.3, -0.25) is 0 Å². The fourth-order valence-electron chi connectivity index (χ4n) is 1.21. The Labute approximate surface area is 70.8 Å². The Kier molecular flexibility index (Phi) is 3.25. The standard InChI is InChI=1S/C8H12O4/c1-11-8-6(5-7(9)10)3-2-4-12-8/h5,8H,2-4H2,1H3,(H,9,10)/b6-5-. The zero-order valence-corrected chi connectivity index (χ0v) is 6.95.